The Morgan fingerprint density at radius 1 is 0.852 bits per heavy atom. The molecule has 8 atom stereocenters. The SMILES string of the molecule is CC(C)CCCC(C)C1C=CC2C3CCC4CCCCC4(C)C3CCC12C. The van der Waals surface area contributed by atoms with Gasteiger partial charge in [0.1, 0.15) is 0 Å². The van der Waals surface area contributed by atoms with Gasteiger partial charge in [-0.25, -0.2) is 0 Å². The van der Waals surface area contributed by atoms with Crippen molar-refractivity contribution in [2.45, 2.75) is 105 Å². The molecule has 0 aliphatic heterocycles. The third kappa shape index (κ3) is 3.36. The second-order valence-electron chi connectivity index (χ2n) is 12.1. The molecule has 4 aliphatic carbocycles. The van der Waals surface area contributed by atoms with E-state index in [1.54, 1.807) is 0 Å². The summed E-state index contributed by atoms with van der Waals surface area (Å²) >= 11 is 0. The van der Waals surface area contributed by atoms with Crippen molar-refractivity contribution in [1.82, 2.24) is 0 Å². The van der Waals surface area contributed by atoms with Crippen LogP contribution in [-0.2, 0) is 0 Å². The van der Waals surface area contributed by atoms with Crippen molar-refractivity contribution < 1.29 is 0 Å². The van der Waals surface area contributed by atoms with Gasteiger partial charge in [-0.2, -0.15) is 0 Å². The highest BCUT2D eigenvalue weighted by Crippen LogP contribution is 2.66. The summed E-state index contributed by atoms with van der Waals surface area (Å²) in [6.07, 6.45) is 21.9. The van der Waals surface area contributed by atoms with Crippen LogP contribution >= 0.6 is 0 Å². The van der Waals surface area contributed by atoms with E-state index in [0.29, 0.717) is 10.8 Å². The Balaban J connectivity index is 1.47. The molecule has 0 aromatic heterocycles. The zero-order valence-electron chi connectivity index (χ0n) is 19.0. The van der Waals surface area contributed by atoms with Crippen LogP contribution in [0.2, 0.25) is 0 Å². The van der Waals surface area contributed by atoms with Gasteiger partial charge in [-0.05, 0) is 90.8 Å². The molecule has 3 saturated carbocycles. The molecule has 0 aromatic carbocycles. The summed E-state index contributed by atoms with van der Waals surface area (Å²) in [6.45, 7) is 12.7. The standard InChI is InChI=1S/C27H46/c1-19(2)9-8-10-20(3)23-14-15-24-22-13-12-21-11-6-7-17-26(21,4)25(22)16-18-27(23,24)5/h14-15,19-25H,6-13,16-18H2,1-5H3. The third-order valence-corrected chi connectivity index (χ3v) is 10.2. The minimum Gasteiger partial charge on any atom is -0.0843 e. The fourth-order valence-corrected chi connectivity index (χ4v) is 8.65. The van der Waals surface area contributed by atoms with Crippen LogP contribution in [0.15, 0.2) is 12.2 Å². The Morgan fingerprint density at radius 2 is 1.67 bits per heavy atom. The van der Waals surface area contributed by atoms with Gasteiger partial charge in [-0.1, -0.05) is 78.9 Å². The lowest BCUT2D eigenvalue weighted by atomic mass is 9.44. The summed E-state index contributed by atoms with van der Waals surface area (Å²) in [5.74, 6) is 6.52. The molecule has 154 valence electrons. The fourth-order valence-electron chi connectivity index (χ4n) is 8.65. The van der Waals surface area contributed by atoms with Gasteiger partial charge in [0.25, 0.3) is 0 Å². The van der Waals surface area contributed by atoms with Crippen LogP contribution in [0.4, 0.5) is 0 Å². The van der Waals surface area contributed by atoms with Gasteiger partial charge in [0.15, 0.2) is 0 Å². The molecule has 0 spiro atoms. The van der Waals surface area contributed by atoms with E-state index in [-0.39, 0.29) is 0 Å². The Labute approximate surface area is 170 Å². The van der Waals surface area contributed by atoms with E-state index in [4.69, 9.17) is 0 Å². The van der Waals surface area contributed by atoms with E-state index in [0.717, 1.165) is 41.4 Å². The van der Waals surface area contributed by atoms with Gasteiger partial charge < -0.3 is 0 Å². The molecular formula is C27H46. The maximum absolute atomic E-state index is 2.73. The van der Waals surface area contributed by atoms with Gasteiger partial charge in [0.2, 0.25) is 0 Å². The summed E-state index contributed by atoms with van der Waals surface area (Å²) in [5, 5.41) is 0. The molecule has 0 radical (unpaired) electrons. The van der Waals surface area contributed by atoms with E-state index in [9.17, 15) is 0 Å². The maximum atomic E-state index is 2.73. The third-order valence-electron chi connectivity index (χ3n) is 10.2. The molecule has 8 unspecified atom stereocenters. The smallest absolute Gasteiger partial charge is 0.0142 e. The van der Waals surface area contributed by atoms with Crippen molar-refractivity contribution >= 4 is 0 Å². The zero-order valence-corrected chi connectivity index (χ0v) is 19.0. The second-order valence-corrected chi connectivity index (χ2v) is 12.1. The minimum atomic E-state index is 0.566. The van der Waals surface area contributed by atoms with Crippen molar-refractivity contribution in [1.29, 1.82) is 0 Å². The molecule has 0 heterocycles. The predicted molar refractivity (Wildman–Crippen MR) is 118 cm³/mol. The number of fused-ring (bicyclic) bond motifs is 5. The van der Waals surface area contributed by atoms with Crippen LogP contribution in [0.5, 0.6) is 0 Å². The first-order chi connectivity index (χ1) is 12.9. The second kappa shape index (κ2) is 7.53. The molecule has 4 aliphatic rings. The first-order valence-corrected chi connectivity index (χ1v) is 12.5. The molecule has 27 heavy (non-hydrogen) atoms. The van der Waals surface area contributed by atoms with Crippen molar-refractivity contribution in [3.63, 3.8) is 0 Å². The largest absolute Gasteiger partial charge is 0.0843 e. The van der Waals surface area contributed by atoms with E-state index < -0.39 is 0 Å². The van der Waals surface area contributed by atoms with Crippen molar-refractivity contribution in [3.8, 4) is 0 Å². The highest BCUT2D eigenvalue weighted by molar-refractivity contribution is 5.19. The Morgan fingerprint density at radius 3 is 2.44 bits per heavy atom. The molecule has 0 heteroatoms. The normalized spacial score (nSPS) is 47.4. The molecule has 4 rings (SSSR count). The average Bonchev–Trinajstić information content (AvgIpc) is 2.98. The zero-order chi connectivity index (χ0) is 19.2. The Hall–Kier alpha value is -0.260. The lowest BCUT2D eigenvalue weighted by Crippen LogP contribution is -2.53. The summed E-state index contributed by atoms with van der Waals surface area (Å²) < 4.78 is 0. The molecule has 0 N–H and O–H groups in total. The summed E-state index contributed by atoms with van der Waals surface area (Å²) in [4.78, 5) is 0. The average molecular weight is 371 g/mol. The van der Waals surface area contributed by atoms with E-state index in [2.05, 4.69) is 46.8 Å². The lowest BCUT2D eigenvalue weighted by molar-refractivity contribution is -0.107. The van der Waals surface area contributed by atoms with Gasteiger partial charge in [0, 0.05) is 0 Å². The minimum absolute atomic E-state index is 0.566. The van der Waals surface area contributed by atoms with Gasteiger partial charge in [-0.3, -0.25) is 0 Å². The predicted octanol–water partition coefficient (Wildman–Crippen LogP) is 8.27. The monoisotopic (exact) mass is 370 g/mol. The lowest BCUT2D eigenvalue weighted by Gasteiger charge is -2.60. The highest BCUT2D eigenvalue weighted by atomic mass is 14.6. The molecular weight excluding hydrogens is 324 g/mol. The highest BCUT2D eigenvalue weighted by Gasteiger charge is 2.58. The van der Waals surface area contributed by atoms with Crippen LogP contribution in [0.1, 0.15) is 105 Å². The van der Waals surface area contributed by atoms with E-state index >= 15 is 0 Å². The Kier molecular flexibility index (Phi) is 5.59. The number of hydrogen-bond donors (Lipinski definition) is 0. The van der Waals surface area contributed by atoms with Gasteiger partial charge >= 0.3 is 0 Å². The van der Waals surface area contributed by atoms with E-state index in [1.165, 1.54) is 70.6 Å². The molecule has 3 fully saturated rings. The fraction of sp³-hybridized carbons (Fsp3) is 0.926. The van der Waals surface area contributed by atoms with Gasteiger partial charge in [0.05, 0.1) is 0 Å². The number of hydrogen-bond acceptors (Lipinski definition) is 0. The molecule has 0 saturated heterocycles. The molecule has 0 amide bonds. The molecule has 0 bridgehead atoms. The van der Waals surface area contributed by atoms with Gasteiger partial charge in [-0.15, -0.1) is 0 Å². The van der Waals surface area contributed by atoms with Crippen molar-refractivity contribution in [3.05, 3.63) is 12.2 Å². The van der Waals surface area contributed by atoms with Crippen LogP contribution in [-0.4, -0.2) is 0 Å². The van der Waals surface area contributed by atoms with E-state index in [1.807, 2.05) is 0 Å². The topological polar surface area (TPSA) is 0 Å². The van der Waals surface area contributed by atoms with Crippen LogP contribution in [0.3, 0.4) is 0 Å². The summed E-state index contributed by atoms with van der Waals surface area (Å²) in [7, 11) is 0. The summed E-state index contributed by atoms with van der Waals surface area (Å²) in [5.41, 5.74) is 1.24. The summed E-state index contributed by atoms with van der Waals surface area (Å²) in [6, 6.07) is 0. The Bertz CT molecular complexity index is 544. The quantitative estimate of drug-likeness (QED) is 0.427. The number of allylic oxidation sites excluding steroid dienone is 2. The van der Waals surface area contributed by atoms with Crippen LogP contribution in [0, 0.1) is 52.3 Å². The van der Waals surface area contributed by atoms with Crippen LogP contribution in [0.25, 0.3) is 0 Å². The van der Waals surface area contributed by atoms with Crippen molar-refractivity contribution in [2.24, 2.45) is 52.3 Å². The maximum Gasteiger partial charge on any atom is -0.0142 e. The van der Waals surface area contributed by atoms with Crippen LogP contribution < -0.4 is 0 Å². The molecule has 0 aromatic rings. The van der Waals surface area contributed by atoms with Crippen molar-refractivity contribution in [2.75, 3.05) is 0 Å². The molecule has 0 nitrogen and oxygen atoms in total. The first-order valence-electron chi connectivity index (χ1n) is 12.5. The number of rotatable bonds is 5. The first kappa shape index (κ1) is 20.0.